The smallest absolute Gasteiger partial charge is 0.235 e. The fourth-order valence-corrected chi connectivity index (χ4v) is 4.12. The Hall–Kier alpha value is -2.12. The van der Waals surface area contributed by atoms with E-state index in [1.54, 1.807) is 6.26 Å². The maximum Gasteiger partial charge on any atom is 0.235 e. The number of benzene rings is 1. The lowest BCUT2D eigenvalue weighted by molar-refractivity contribution is 0.535. The Kier molecular flexibility index (Phi) is 3.88. The van der Waals surface area contributed by atoms with Crippen molar-refractivity contribution in [3.63, 3.8) is 0 Å². The summed E-state index contributed by atoms with van der Waals surface area (Å²) in [5.74, 6) is 3.48. The average Bonchev–Trinajstić information content (AvgIpc) is 3.25. The normalized spacial score (nSPS) is 11.3. The summed E-state index contributed by atoms with van der Waals surface area (Å²) >= 11 is 3.34. The van der Waals surface area contributed by atoms with E-state index in [2.05, 4.69) is 39.6 Å². The third kappa shape index (κ3) is 2.89. The molecule has 23 heavy (non-hydrogen) atoms. The third-order valence-electron chi connectivity index (χ3n) is 3.49. The number of aryl methyl sites for hydroxylation is 1. The van der Waals surface area contributed by atoms with Crippen LogP contribution < -0.4 is 0 Å². The van der Waals surface area contributed by atoms with Gasteiger partial charge in [-0.15, -0.1) is 22.0 Å². The summed E-state index contributed by atoms with van der Waals surface area (Å²) in [6, 6.07) is 12.4. The van der Waals surface area contributed by atoms with Crippen molar-refractivity contribution in [2.75, 3.05) is 0 Å². The zero-order chi connectivity index (χ0) is 15.6. The van der Waals surface area contributed by atoms with Crippen LogP contribution in [-0.2, 0) is 11.5 Å². The van der Waals surface area contributed by atoms with Crippen molar-refractivity contribution >= 4 is 28.1 Å². The first-order valence-electron chi connectivity index (χ1n) is 7.18. The van der Waals surface area contributed by atoms with Crippen LogP contribution in [-0.4, -0.2) is 19.8 Å². The molecule has 4 rings (SSSR count). The van der Waals surface area contributed by atoms with Crippen molar-refractivity contribution in [3.8, 4) is 10.6 Å². The molecule has 5 nitrogen and oxygen atoms in total. The van der Waals surface area contributed by atoms with E-state index in [0.29, 0.717) is 0 Å². The Balaban J connectivity index is 1.52. The van der Waals surface area contributed by atoms with Gasteiger partial charge in [0.05, 0.1) is 17.6 Å². The number of hydrogen-bond acceptors (Lipinski definition) is 6. The van der Waals surface area contributed by atoms with Gasteiger partial charge in [-0.05, 0) is 18.6 Å². The lowest BCUT2D eigenvalue weighted by atomic mass is 10.2. The van der Waals surface area contributed by atoms with Crippen molar-refractivity contribution in [3.05, 3.63) is 59.8 Å². The van der Waals surface area contributed by atoms with E-state index in [-0.39, 0.29) is 0 Å². The minimum absolute atomic E-state index is 0.781. The van der Waals surface area contributed by atoms with Crippen molar-refractivity contribution < 1.29 is 4.42 Å². The van der Waals surface area contributed by atoms with Crippen molar-refractivity contribution in [2.24, 2.45) is 0 Å². The SMILES string of the molecule is Cc1occc1-c1nn2c(CSCc3ccccc3)nnc2s1. The molecule has 7 heteroatoms. The summed E-state index contributed by atoms with van der Waals surface area (Å²) in [4.78, 5) is 0.816. The predicted octanol–water partition coefficient (Wildman–Crippen LogP) is 4.19. The topological polar surface area (TPSA) is 56.2 Å². The zero-order valence-electron chi connectivity index (χ0n) is 12.5. The van der Waals surface area contributed by atoms with Crippen LogP contribution >= 0.6 is 23.1 Å². The fourth-order valence-electron chi connectivity index (χ4n) is 2.30. The Morgan fingerprint density at radius 3 is 2.78 bits per heavy atom. The first-order valence-corrected chi connectivity index (χ1v) is 9.15. The molecule has 0 aliphatic rings. The van der Waals surface area contributed by atoms with E-state index in [1.807, 2.05) is 35.3 Å². The molecule has 0 fully saturated rings. The van der Waals surface area contributed by atoms with Gasteiger partial charge in [-0.25, -0.2) is 0 Å². The van der Waals surface area contributed by atoms with Gasteiger partial charge in [0.15, 0.2) is 10.8 Å². The second-order valence-electron chi connectivity index (χ2n) is 5.09. The molecule has 0 aliphatic heterocycles. The number of hydrogen-bond donors (Lipinski definition) is 0. The fraction of sp³-hybridized carbons (Fsp3) is 0.188. The van der Waals surface area contributed by atoms with Gasteiger partial charge >= 0.3 is 0 Å². The van der Waals surface area contributed by atoms with E-state index < -0.39 is 0 Å². The number of thioether (sulfide) groups is 1. The first-order chi connectivity index (χ1) is 11.3. The summed E-state index contributed by atoms with van der Waals surface area (Å²) in [7, 11) is 0. The molecule has 0 atom stereocenters. The minimum atomic E-state index is 0.781. The molecule has 0 aliphatic carbocycles. The summed E-state index contributed by atoms with van der Waals surface area (Å²) in [6.45, 7) is 1.94. The Morgan fingerprint density at radius 1 is 1.13 bits per heavy atom. The summed E-state index contributed by atoms with van der Waals surface area (Å²) in [5, 5.41) is 14.0. The highest BCUT2D eigenvalue weighted by molar-refractivity contribution is 7.97. The van der Waals surface area contributed by atoms with Crippen molar-refractivity contribution in [1.29, 1.82) is 0 Å². The van der Waals surface area contributed by atoms with Crippen LogP contribution in [0, 0.1) is 6.92 Å². The molecule has 116 valence electrons. The number of fused-ring (bicyclic) bond motifs is 1. The Labute approximate surface area is 141 Å². The molecule has 0 N–H and O–H groups in total. The van der Waals surface area contributed by atoms with E-state index in [9.17, 15) is 0 Å². The van der Waals surface area contributed by atoms with Crippen LogP contribution in [0.4, 0.5) is 0 Å². The van der Waals surface area contributed by atoms with Gasteiger partial charge < -0.3 is 4.42 Å². The van der Waals surface area contributed by atoms with Crippen LogP contribution in [0.15, 0.2) is 47.1 Å². The van der Waals surface area contributed by atoms with Gasteiger partial charge in [0, 0.05) is 5.75 Å². The van der Waals surface area contributed by atoms with Gasteiger partial charge in [-0.1, -0.05) is 41.7 Å². The van der Waals surface area contributed by atoms with Gasteiger partial charge in [0.1, 0.15) is 5.76 Å². The Morgan fingerprint density at radius 2 is 2.00 bits per heavy atom. The van der Waals surface area contributed by atoms with Crippen molar-refractivity contribution in [2.45, 2.75) is 18.4 Å². The van der Waals surface area contributed by atoms with E-state index in [1.165, 1.54) is 16.9 Å². The minimum Gasteiger partial charge on any atom is -0.469 e. The highest BCUT2D eigenvalue weighted by atomic mass is 32.2. The monoisotopic (exact) mass is 342 g/mol. The van der Waals surface area contributed by atoms with Crippen LogP contribution in [0.5, 0.6) is 0 Å². The standard InChI is InChI=1S/C16H14N4OS2/c1-11-13(7-8-21-11)15-19-20-14(17-18-16(20)23-15)10-22-9-12-5-3-2-4-6-12/h2-8H,9-10H2,1H3. The molecule has 3 heterocycles. The molecule has 3 aromatic heterocycles. The maximum absolute atomic E-state index is 5.35. The Bertz CT molecular complexity index is 926. The maximum atomic E-state index is 5.35. The summed E-state index contributed by atoms with van der Waals surface area (Å²) < 4.78 is 7.19. The average molecular weight is 342 g/mol. The van der Waals surface area contributed by atoms with E-state index in [0.717, 1.165) is 38.6 Å². The van der Waals surface area contributed by atoms with Crippen LogP contribution in [0.1, 0.15) is 17.1 Å². The molecule has 1 aromatic carbocycles. The van der Waals surface area contributed by atoms with Crippen LogP contribution in [0.2, 0.25) is 0 Å². The van der Waals surface area contributed by atoms with Crippen LogP contribution in [0.25, 0.3) is 15.5 Å². The molecule has 0 radical (unpaired) electrons. The second-order valence-corrected chi connectivity index (χ2v) is 7.03. The van der Waals surface area contributed by atoms with Gasteiger partial charge in [-0.3, -0.25) is 0 Å². The number of rotatable bonds is 5. The summed E-state index contributed by atoms with van der Waals surface area (Å²) in [6.07, 6.45) is 1.68. The van der Waals surface area contributed by atoms with Gasteiger partial charge in [-0.2, -0.15) is 9.61 Å². The molecule has 0 saturated carbocycles. The number of furan rings is 1. The van der Waals surface area contributed by atoms with Gasteiger partial charge in [0.2, 0.25) is 4.96 Å². The number of nitrogens with zero attached hydrogens (tertiary/aromatic N) is 4. The molecule has 0 bridgehead atoms. The lowest BCUT2D eigenvalue weighted by Crippen LogP contribution is -1.94. The van der Waals surface area contributed by atoms with Crippen LogP contribution in [0.3, 0.4) is 0 Å². The first kappa shape index (κ1) is 14.5. The molecule has 0 amide bonds. The zero-order valence-corrected chi connectivity index (χ0v) is 14.1. The molecular formula is C16H14N4OS2. The van der Waals surface area contributed by atoms with Gasteiger partial charge in [0.25, 0.3) is 0 Å². The van der Waals surface area contributed by atoms with E-state index in [4.69, 9.17) is 4.42 Å². The van der Waals surface area contributed by atoms with E-state index >= 15 is 0 Å². The third-order valence-corrected chi connectivity index (χ3v) is 5.42. The molecule has 0 unspecified atom stereocenters. The number of aromatic nitrogens is 4. The predicted molar refractivity (Wildman–Crippen MR) is 92.5 cm³/mol. The lowest BCUT2D eigenvalue weighted by Gasteiger charge is -1.99. The quantitative estimate of drug-likeness (QED) is 0.544. The highest BCUT2D eigenvalue weighted by Crippen LogP contribution is 2.29. The largest absolute Gasteiger partial charge is 0.469 e. The van der Waals surface area contributed by atoms with Crippen molar-refractivity contribution in [1.82, 2.24) is 19.8 Å². The molecule has 4 aromatic rings. The molecular weight excluding hydrogens is 328 g/mol. The summed E-state index contributed by atoms with van der Waals surface area (Å²) in [5.41, 5.74) is 2.33. The highest BCUT2D eigenvalue weighted by Gasteiger charge is 2.15. The molecule has 0 saturated heterocycles. The molecule has 0 spiro atoms. The second kappa shape index (κ2) is 6.17.